The second-order valence-electron chi connectivity index (χ2n) is 7.62. The number of nitrogens with two attached hydrogens (primary N) is 1. The molecule has 4 heterocycles. The van der Waals surface area contributed by atoms with Crippen LogP contribution in [0.15, 0.2) is 35.3 Å². The van der Waals surface area contributed by atoms with Crippen molar-refractivity contribution in [1.82, 2.24) is 9.29 Å². The number of para-hydroxylation sites is 1. The molecule has 31 heavy (non-hydrogen) atoms. The first-order valence-corrected chi connectivity index (χ1v) is 12.3. The average molecular weight is 481 g/mol. The summed E-state index contributed by atoms with van der Waals surface area (Å²) < 4.78 is 38.3. The van der Waals surface area contributed by atoms with Crippen molar-refractivity contribution in [2.24, 2.45) is 10.7 Å². The van der Waals surface area contributed by atoms with Crippen LogP contribution in [0.4, 0.5) is 0 Å². The van der Waals surface area contributed by atoms with Gasteiger partial charge in [-0.25, -0.2) is 17.7 Å². The molecule has 2 unspecified atom stereocenters. The standard InChI is InChI=1S/C20H21ClN4O4S2/c1-25-19(22)24-20(6-7-29-10-16(20)31(25,26)27)18-12(21)9-15(30-18)13-8-11-4-3-5-14(28-2)17(11)23-13/h3-5,8-9,16,23H,6-7,10H2,1-2H3,(H2,22,24). The van der Waals surface area contributed by atoms with Gasteiger partial charge in [-0.3, -0.25) is 0 Å². The average Bonchev–Trinajstić information content (AvgIpc) is 3.36. The number of hydrogen-bond acceptors (Lipinski definition) is 7. The molecule has 2 aliphatic heterocycles. The number of aromatic nitrogens is 1. The number of H-pyrrole nitrogens is 1. The van der Waals surface area contributed by atoms with Gasteiger partial charge in [0.15, 0.2) is 0 Å². The molecule has 0 radical (unpaired) electrons. The third-order valence-electron chi connectivity index (χ3n) is 5.99. The Morgan fingerprint density at radius 3 is 3.00 bits per heavy atom. The Kier molecular flexibility index (Phi) is 4.74. The second kappa shape index (κ2) is 7.13. The van der Waals surface area contributed by atoms with E-state index in [-0.39, 0.29) is 12.6 Å². The molecule has 0 bridgehead atoms. The molecule has 0 spiro atoms. The molecule has 0 aliphatic carbocycles. The van der Waals surface area contributed by atoms with Crippen LogP contribution in [0, 0.1) is 0 Å². The molecule has 0 amide bonds. The van der Waals surface area contributed by atoms with Crippen molar-refractivity contribution in [2.75, 3.05) is 27.4 Å². The number of sulfonamides is 1. The van der Waals surface area contributed by atoms with Crippen LogP contribution in [0.25, 0.3) is 21.5 Å². The zero-order valence-corrected chi connectivity index (χ0v) is 19.3. The molecule has 5 rings (SSSR count). The van der Waals surface area contributed by atoms with E-state index in [2.05, 4.69) is 9.98 Å². The topological polar surface area (TPSA) is 110 Å². The van der Waals surface area contributed by atoms with Crippen LogP contribution in [0.3, 0.4) is 0 Å². The van der Waals surface area contributed by atoms with E-state index in [0.29, 0.717) is 22.9 Å². The number of benzene rings is 1. The van der Waals surface area contributed by atoms with Crippen molar-refractivity contribution >= 4 is 49.8 Å². The normalized spacial score (nSPS) is 25.3. The minimum absolute atomic E-state index is 0.0383. The van der Waals surface area contributed by atoms with Crippen molar-refractivity contribution in [3.63, 3.8) is 0 Å². The van der Waals surface area contributed by atoms with Crippen molar-refractivity contribution < 1.29 is 17.9 Å². The first kappa shape index (κ1) is 20.6. The Balaban J connectivity index is 1.67. The molecule has 0 saturated carbocycles. The Labute approximate surface area is 188 Å². The summed E-state index contributed by atoms with van der Waals surface area (Å²) in [5.74, 6) is 0.702. The van der Waals surface area contributed by atoms with Crippen LogP contribution in [-0.2, 0) is 20.3 Å². The number of rotatable bonds is 3. The Morgan fingerprint density at radius 1 is 1.42 bits per heavy atom. The first-order valence-electron chi connectivity index (χ1n) is 9.64. The maximum atomic E-state index is 13.1. The van der Waals surface area contributed by atoms with Crippen LogP contribution >= 0.6 is 22.9 Å². The Hall–Kier alpha value is -2.27. The molecule has 3 aromatic rings. The predicted octanol–water partition coefficient (Wildman–Crippen LogP) is 3.13. The molecule has 2 aromatic heterocycles. The Morgan fingerprint density at radius 2 is 2.23 bits per heavy atom. The first-order chi connectivity index (χ1) is 14.8. The van der Waals surface area contributed by atoms with E-state index in [0.717, 1.165) is 31.5 Å². The second-order valence-corrected chi connectivity index (χ2v) is 11.2. The molecule has 3 N–H and O–H groups in total. The largest absolute Gasteiger partial charge is 0.495 e. The highest BCUT2D eigenvalue weighted by Crippen LogP contribution is 2.50. The molecular weight excluding hydrogens is 460 g/mol. The molecular formula is C20H21ClN4O4S2. The quantitative estimate of drug-likeness (QED) is 0.598. The third kappa shape index (κ3) is 2.96. The van der Waals surface area contributed by atoms with E-state index in [1.54, 1.807) is 7.11 Å². The molecule has 1 aromatic carbocycles. The summed E-state index contributed by atoms with van der Waals surface area (Å²) in [5, 5.41) is 0.582. The molecule has 8 nitrogen and oxygen atoms in total. The lowest BCUT2D eigenvalue weighted by Gasteiger charge is -2.45. The molecule has 2 aliphatic rings. The summed E-state index contributed by atoms with van der Waals surface area (Å²) >= 11 is 8.11. The van der Waals surface area contributed by atoms with Gasteiger partial charge in [-0.1, -0.05) is 23.7 Å². The fraction of sp³-hybridized carbons (Fsp3) is 0.350. The number of halogens is 1. The zero-order valence-electron chi connectivity index (χ0n) is 16.9. The summed E-state index contributed by atoms with van der Waals surface area (Å²) in [5.41, 5.74) is 6.71. The van der Waals surface area contributed by atoms with Crippen molar-refractivity contribution in [3.05, 3.63) is 40.2 Å². The molecule has 11 heteroatoms. The highest BCUT2D eigenvalue weighted by Gasteiger charge is 2.56. The maximum Gasteiger partial charge on any atom is 0.245 e. The number of hydrogen-bond donors (Lipinski definition) is 2. The monoisotopic (exact) mass is 480 g/mol. The van der Waals surface area contributed by atoms with Gasteiger partial charge in [0.1, 0.15) is 16.5 Å². The number of nitrogens with one attached hydrogen (secondary N) is 1. The summed E-state index contributed by atoms with van der Waals surface area (Å²) in [6, 6.07) is 9.68. The van der Waals surface area contributed by atoms with Gasteiger partial charge in [0, 0.05) is 25.5 Å². The number of ether oxygens (including phenoxy) is 2. The fourth-order valence-electron chi connectivity index (χ4n) is 4.31. The Bertz CT molecular complexity index is 1320. The number of aromatic amines is 1. The van der Waals surface area contributed by atoms with E-state index in [4.69, 9.17) is 26.8 Å². The highest BCUT2D eigenvalue weighted by molar-refractivity contribution is 7.90. The van der Waals surface area contributed by atoms with Crippen LogP contribution in [0.1, 0.15) is 11.3 Å². The van der Waals surface area contributed by atoms with E-state index in [1.807, 2.05) is 30.3 Å². The zero-order chi connectivity index (χ0) is 22.0. The SMILES string of the molecule is COc1cccc2cc(-c3cc(Cl)c(C45CCOCC4S(=O)(=O)N(C)C(N)=N5)s3)[nH]c12. The smallest absolute Gasteiger partial charge is 0.245 e. The van der Waals surface area contributed by atoms with Gasteiger partial charge >= 0.3 is 0 Å². The number of methoxy groups -OCH3 is 1. The number of nitrogens with zero attached hydrogens (tertiary/aromatic N) is 2. The van der Waals surface area contributed by atoms with Gasteiger partial charge in [-0.15, -0.1) is 11.3 Å². The number of thiophene rings is 1. The molecule has 164 valence electrons. The summed E-state index contributed by atoms with van der Waals surface area (Å²) in [6.07, 6.45) is 0.381. The van der Waals surface area contributed by atoms with Gasteiger partial charge in [0.25, 0.3) is 0 Å². The molecule has 2 atom stereocenters. The summed E-state index contributed by atoms with van der Waals surface area (Å²) in [6.45, 7) is 0.413. The minimum atomic E-state index is -3.74. The lowest BCUT2D eigenvalue weighted by molar-refractivity contribution is 0.0545. The number of fused-ring (bicyclic) bond motifs is 2. The summed E-state index contributed by atoms with van der Waals surface area (Å²) in [4.78, 5) is 9.63. The van der Waals surface area contributed by atoms with E-state index in [9.17, 15) is 8.42 Å². The number of aliphatic imine (C=N–C) groups is 1. The minimum Gasteiger partial charge on any atom is -0.495 e. The van der Waals surface area contributed by atoms with E-state index < -0.39 is 20.8 Å². The summed E-state index contributed by atoms with van der Waals surface area (Å²) in [7, 11) is -0.707. The number of guanidine groups is 1. The van der Waals surface area contributed by atoms with Crippen molar-refractivity contribution in [2.45, 2.75) is 17.2 Å². The van der Waals surface area contributed by atoms with Crippen LogP contribution < -0.4 is 10.5 Å². The van der Waals surface area contributed by atoms with E-state index >= 15 is 0 Å². The lowest BCUT2D eigenvalue weighted by Crippen LogP contribution is -2.60. The predicted molar refractivity (Wildman–Crippen MR) is 122 cm³/mol. The van der Waals surface area contributed by atoms with Crippen LogP contribution in [-0.4, -0.2) is 56.3 Å². The van der Waals surface area contributed by atoms with Crippen molar-refractivity contribution in [3.8, 4) is 16.3 Å². The van der Waals surface area contributed by atoms with Gasteiger partial charge in [-0.2, -0.15) is 0 Å². The van der Waals surface area contributed by atoms with Gasteiger partial charge < -0.3 is 20.2 Å². The fourth-order valence-corrected chi connectivity index (χ4v) is 7.81. The van der Waals surface area contributed by atoms with Gasteiger partial charge in [0.2, 0.25) is 16.0 Å². The molecule has 1 saturated heterocycles. The van der Waals surface area contributed by atoms with Crippen LogP contribution in [0.5, 0.6) is 5.75 Å². The lowest BCUT2D eigenvalue weighted by atomic mass is 9.88. The third-order valence-corrected chi connectivity index (χ3v) is 9.93. The van der Waals surface area contributed by atoms with E-state index in [1.165, 1.54) is 18.4 Å². The van der Waals surface area contributed by atoms with Crippen molar-refractivity contribution in [1.29, 1.82) is 0 Å². The highest BCUT2D eigenvalue weighted by atomic mass is 35.5. The molecule has 1 fully saturated rings. The maximum absolute atomic E-state index is 13.1. The van der Waals surface area contributed by atoms with Gasteiger partial charge in [-0.05, 0) is 18.2 Å². The van der Waals surface area contributed by atoms with Gasteiger partial charge in [0.05, 0.1) is 39.7 Å². The van der Waals surface area contributed by atoms with Crippen LogP contribution in [0.2, 0.25) is 5.02 Å².